The molecule has 1 saturated heterocycles. The molecule has 0 atom stereocenters. The first-order valence-corrected chi connectivity index (χ1v) is 10.7. The molecule has 0 aliphatic carbocycles. The van der Waals surface area contributed by atoms with Gasteiger partial charge in [0.05, 0.1) is 7.11 Å². The van der Waals surface area contributed by atoms with Gasteiger partial charge in [0, 0.05) is 24.3 Å². The minimum Gasteiger partial charge on any atom is -0.497 e. The monoisotopic (exact) mass is 427 g/mol. The second-order valence-electron chi connectivity index (χ2n) is 7.96. The molecule has 0 amide bonds. The van der Waals surface area contributed by atoms with Crippen molar-refractivity contribution in [1.29, 1.82) is 0 Å². The molecule has 2 aromatic rings. The molecule has 160 valence electrons. The first-order valence-electron chi connectivity index (χ1n) is 10.3. The van der Waals surface area contributed by atoms with E-state index in [4.69, 9.17) is 26.4 Å². The minimum absolute atomic E-state index is 0.284. The first kappa shape index (κ1) is 20.8. The van der Waals surface area contributed by atoms with Gasteiger partial charge in [-0.1, -0.05) is 12.1 Å². The van der Waals surface area contributed by atoms with E-state index in [0.29, 0.717) is 6.04 Å². The number of anilines is 1. The van der Waals surface area contributed by atoms with Crippen LogP contribution in [0.25, 0.3) is 0 Å². The van der Waals surface area contributed by atoms with Gasteiger partial charge >= 0.3 is 0 Å². The number of hydrogen-bond acceptors (Lipinski definition) is 5. The average molecular weight is 428 g/mol. The summed E-state index contributed by atoms with van der Waals surface area (Å²) in [4.78, 5) is 4.69. The molecule has 6 nitrogen and oxygen atoms in total. The lowest BCUT2D eigenvalue weighted by Gasteiger charge is -2.39. The lowest BCUT2D eigenvalue weighted by atomic mass is 10.0. The second kappa shape index (κ2) is 9.10. The third-order valence-electron chi connectivity index (χ3n) is 5.87. The number of piperidine rings is 1. The van der Waals surface area contributed by atoms with Gasteiger partial charge in [-0.15, -0.1) is 0 Å². The van der Waals surface area contributed by atoms with E-state index < -0.39 is 0 Å². The third kappa shape index (κ3) is 4.63. The highest BCUT2D eigenvalue weighted by Gasteiger charge is 2.26. The number of rotatable bonds is 5. The highest BCUT2D eigenvalue weighted by atomic mass is 32.1. The molecular weight excluding hydrogens is 398 g/mol. The summed E-state index contributed by atoms with van der Waals surface area (Å²) in [5.74, 6) is 2.42. The van der Waals surface area contributed by atoms with Crippen LogP contribution in [-0.2, 0) is 6.54 Å². The number of ether oxygens (including phenoxy) is 3. The zero-order valence-corrected chi connectivity index (χ0v) is 18.6. The molecule has 7 heteroatoms. The van der Waals surface area contributed by atoms with Gasteiger partial charge in [-0.3, -0.25) is 0 Å². The predicted molar refractivity (Wildman–Crippen MR) is 123 cm³/mol. The number of likely N-dealkylation sites (tertiary alicyclic amines) is 1. The lowest BCUT2D eigenvalue weighted by molar-refractivity contribution is 0.172. The van der Waals surface area contributed by atoms with E-state index in [9.17, 15) is 0 Å². The average Bonchev–Trinajstić information content (AvgIpc) is 3.22. The van der Waals surface area contributed by atoms with Gasteiger partial charge in [0.2, 0.25) is 6.79 Å². The molecule has 4 rings (SSSR count). The summed E-state index contributed by atoms with van der Waals surface area (Å²) in [5.41, 5.74) is 3.26. The number of nitrogens with one attached hydrogen (secondary N) is 1. The van der Waals surface area contributed by atoms with E-state index in [1.165, 1.54) is 0 Å². The topological polar surface area (TPSA) is 46.2 Å². The Morgan fingerprint density at radius 2 is 1.93 bits per heavy atom. The Morgan fingerprint density at radius 1 is 1.17 bits per heavy atom. The Morgan fingerprint density at radius 3 is 2.70 bits per heavy atom. The lowest BCUT2D eigenvalue weighted by Crippen LogP contribution is -2.47. The minimum atomic E-state index is 0.284. The molecular formula is C23H29N3O3S. The van der Waals surface area contributed by atoms with Crippen molar-refractivity contribution in [2.24, 2.45) is 0 Å². The second-order valence-corrected chi connectivity index (χ2v) is 8.35. The number of fused-ring (bicyclic) bond motifs is 1. The Balaban J connectivity index is 1.56. The van der Waals surface area contributed by atoms with E-state index in [2.05, 4.69) is 41.2 Å². The van der Waals surface area contributed by atoms with Gasteiger partial charge in [0.15, 0.2) is 16.6 Å². The number of benzene rings is 2. The number of thiocarbonyl (C=S) groups is 1. The van der Waals surface area contributed by atoms with E-state index in [-0.39, 0.29) is 6.79 Å². The van der Waals surface area contributed by atoms with E-state index >= 15 is 0 Å². The van der Waals surface area contributed by atoms with Crippen LogP contribution < -0.4 is 19.5 Å². The highest BCUT2D eigenvalue weighted by Crippen LogP contribution is 2.33. The Labute approximate surface area is 183 Å². The molecule has 0 saturated carbocycles. The standard InChI is InChI=1S/C23H29N3O3S/c1-16-4-6-19(27-3)13-20(16)24-23(30)26(18-8-10-25(2)11-9-18)14-17-5-7-21-22(12-17)29-15-28-21/h4-7,12-13,18H,8-11,14-15H2,1-3H3,(H,24,30). The Bertz CT molecular complexity index is 913. The van der Waals surface area contributed by atoms with Crippen LogP contribution in [0, 0.1) is 6.92 Å². The van der Waals surface area contributed by atoms with Crippen molar-refractivity contribution in [3.05, 3.63) is 47.5 Å². The molecule has 30 heavy (non-hydrogen) atoms. The van der Waals surface area contributed by atoms with Gasteiger partial charge in [0.1, 0.15) is 5.75 Å². The van der Waals surface area contributed by atoms with Gasteiger partial charge in [0.25, 0.3) is 0 Å². The largest absolute Gasteiger partial charge is 0.497 e. The van der Waals surface area contributed by atoms with E-state index in [1.807, 2.05) is 24.3 Å². The van der Waals surface area contributed by atoms with Crippen LogP contribution in [0.15, 0.2) is 36.4 Å². The Kier molecular flexibility index (Phi) is 6.29. The highest BCUT2D eigenvalue weighted by molar-refractivity contribution is 7.80. The van der Waals surface area contributed by atoms with Crippen LogP contribution in [-0.4, -0.2) is 55.0 Å². The van der Waals surface area contributed by atoms with Crippen LogP contribution in [0.3, 0.4) is 0 Å². The van der Waals surface area contributed by atoms with Gasteiger partial charge in [-0.25, -0.2) is 0 Å². The quantitative estimate of drug-likeness (QED) is 0.723. The van der Waals surface area contributed by atoms with Gasteiger partial charge < -0.3 is 29.3 Å². The fraction of sp³-hybridized carbons (Fsp3) is 0.435. The fourth-order valence-electron chi connectivity index (χ4n) is 3.96. The SMILES string of the molecule is COc1ccc(C)c(NC(=S)N(Cc2ccc3c(c2)OCO3)C2CCN(C)CC2)c1. The molecule has 2 aromatic carbocycles. The molecule has 0 radical (unpaired) electrons. The van der Waals surface area contributed by atoms with E-state index in [0.717, 1.165) is 71.7 Å². The number of methoxy groups -OCH3 is 1. The molecule has 0 bridgehead atoms. The molecule has 2 heterocycles. The van der Waals surface area contributed by atoms with Crippen LogP contribution in [0.4, 0.5) is 5.69 Å². The van der Waals surface area contributed by atoms with Crippen LogP contribution in [0.1, 0.15) is 24.0 Å². The molecule has 0 unspecified atom stereocenters. The van der Waals surface area contributed by atoms with Crippen molar-refractivity contribution in [1.82, 2.24) is 9.80 Å². The van der Waals surface area contributed by atoms with Crippen LogP contribution >= 0.6 is 12.2 Å². The maximum atomic E-state index is 5.91. The zero-order chi connectivity index (χ0) is 21.1. The molecule has 0 spiro atoms. The van der Waals surface area contributed by atoms with Crippen molar-refractivity contribution >= 4 is 23.0 Å². The smallest absolute Gasteiger partial charge is 0.231 e. The molecule has 1 fully saturated rings. The summed E-state index contributed by atoms with van der Waals surface area (Å²) in [5, 5.41) is 4.21. The van der Waals surface area contributed by atoms with Gasteiger partial charge in [-0.2, -0.15) is 0 Å². The Hall–Kier alpha value is -2.51. The fourth-order valence-corrected chi connectivity index (χ4v) is 4.28. The van der Waals surface area contributed by atoms with Crippen LogP contribution in [0.5, 0.6) is 17.2 Å². The van der Waals surface area contributed by atoms with E-state index in [1.54, 1.807) is 7.11 Å². The molecule has 2 aliphatic rings. The molecule has 2 aliphatic heterocycles. The van der Waals surface area contributed by atoms with Crippen molar-refractivity contribution in [2.75, 3.05) is 39.4 Å². The molecule has 0 aromatic heterocycles. The summed E-state index contributed by atoms with van der Waals surface area (Å²) in [6, 6.07) is 12.5. The van der Waals surface area contributed by atoms with Gasteiger partial charge in [-0.05, 0) is 81.4 Å². The summed E-state index contributed by atoms with van der Waals surface area (Å²) in [7, 11) is 3.85. The number of nitrogens with zero attached hydrogens (tertiary/aromatic N) is 2. The van der Waals surface area contributed by atoms with Crippen molar-refractivity contribution < 1.29 is 14.2 Å². The van der Waals surface area contributed by atoms with Crippen molar-refractivity contribution in [2.45, 2.75) is 32.4 Å². The third-order valence-corrected chi connectivity index (χ3v) is 6.20. The van der Waals surface area contributed by atoms with Crippen molar-refractivity contribution in [3.63, 3.8) is 0 Å². The zero-order valence-electron chi connectivity index (χ0n) is 17.8. The number of aryl methyl sites for hydroxylation is 1. The predicted octanol–water partition coefficient (Wildman–Crippen LogP) is 4.03. The summed E-state index contributed by atoms with van der Waals surface area (Å²) >= 11 is 5.91. The first-order chi connectivity index (χ1) is 14.5. The van der Waals surface area contributed by atoms with Crippen LogP contribution in [0.2, 0.25) is 0 Å². The maximum Gasteiger partial charge on any atom is 0.231 e. The summed E-state index contributed by atoms with van der Waals surface area (Å²) in [6.45, 7) is 5.22. The summed E-state index contributed by atoms with van der Waals surface area (Å²) in [6.07, 6.45) is 2.17. The van der Waals surface area contributed by atoms with Crippen molar-refractivity contribution in [3.8, 4) is 17.2 Å². The number of hydrogen-bond donors (Lipinski definition) is 1. The summed E-state index contributed by atoms with van der Waals surface area (Å²) < 4.78 is 16.4. The maximum absolute atomic E-state index is 5.91. The molecule has 1 N–H and O–H groups in total. The normalized spacial score (nSPS) is 16.4.